The first-order valence-corrected chi connectivity index (χ1v) is 7.00. The summed E-state index contributed by atoms with van der Waals surface area (Å²) in [5.74, 6) is -0.104. The molecule has 0 aliphatic heterocycles. The fourth-order valence-corrected chi connectivity index (χ4v) is 2.04. The first-order chi connectivity index (χ1) is 9.99. The average molecular weight is 297 g/mol. The molecule has 1 rings (SSSR count). The van der Waals surface area contributed by atoms with E-state index in [2.05, 4.69) is 10.1 Å². The second kappa shape index (κ2) is 8.39. The van der Waals surface area contributed by atoms with E-state index in [9.17, 15) is 13.6 Å². The maximum Gasteiger partial charge on any atom is 0.387 e. The van der Waals surface area contributed by atoms with Crippen LogP contribution in [0.2, 0.25) is 0 Å². The Labute approximate surface area is 124 Å². The lowest BCUT2D eigenvalue weighted by Gasteiger charge is -2.20. The van der Waals surface area contributed by atoms with E-state index in [0.717, 1.165) is 6.42 Å². The second-order valence-corrected chi connectivity index (χ2v) is 4.65. The Bertz CT molecular complexity index is 501. The van der Waals surface area contributed by atoms with Crippen molar-refractivity contribution < 1.29 is 18.3 Å². The van der Waals surface area contributed by atoms with Gasteiger partial charge in [0.2, 0.25) is 5.91 Å². The van der Waals surface area contributed by atoms with E-state index in [0.29, 0.717) is 17.6 Å². The molecule has 5 heteroatoms. The van der Waals surface area contributed by atoms with Crippen molar-refractivity contribution >= 4 is 5.91 Å². The monoisotopic (exact) mass is 297 g/mol. The number of hydrogen-bond donors (Lipinski definition) is 1. The molecule has 0 fully saturated rings. The smallest absolute Gasteiger partial charge is 0.387 e. The van der Waals surface area contributed by atoms with E-state index in [-0.39, 0.29) is 17.7 Å². The molecule has 21 heavy (non-hydrogen) atoms. The summed E-state index contributed by atoms with van der Waals surface area (Å²) < 4.78 is 29.4. The SMILES string of the molecule is CC/C=C(\C)C(=O)NC(CC)c1ccccc1OC(F)F. The summed E-state index contributed by atoms with van der Waals surface area (Å²) in [6.45, 7) is 2.66. The first kappa shape index (κ1) is 17.1. The molecule has 0 aliphatic rings. The molecule has 1 aromatic rings. The third-order valence-corrected chi connectivity index (χ3v) is 3.09. The highest BCUT2D eigenvalue weighted by atomic mass is 19.3. The lowest BCUT2D eigenvalue weighted by Crippen LogP contribution is -2.29. The number of rotatable bonds is 7. The Kier molecular flexibility index (Phi) is 6.85. The zero-order valence-electron chi connectivity index (χ0n) is 12.5. The van der Waals surface area contributed by atoms with Gasteiger partial charge < -0.3 is 10.1 Å². The van der Waals surface area contributed by atoms with E-state index in [1.54, 1.807) is 25.1 Å². The second-order valence-electron chi connectivity index (χ2n) is 4.65. The van der Waals surface area contributed by atoms with Gasteiger partial charge in [-0.15, -0.1) is 0 Å². The van der Waals surface area contributed by atoms with Crippen LogP contribution in [-0.2, 0) is 4.79 Å². The van der Waals surface area contributed by atoms with Gasteiger partial charge >= 0.3 is 6.61 Å². The van der Waals surface area contributed by atoms with Crippen molar-refractivity contribution in [2.45, 2.75) is 46.3 Å². The molecular formula is C16H21F2NO2. The number of allylic oxidation sites excluding steroid dienone is 1. The molecule has 0 aromatic heterocycles. The highest BCUT2D eigenvalue weighted by Crippen LogP contribution is 2.28. The predicted molar refractivity (Wildman–Crippen MR) is 78.3 cm³/mol. The van der Waals surface area contributed by atoms with Crippen LogP contribution in [0.3, 0.4) is 0 Å². The number of hydrogen-bond acceptors (Lipinski definition) is 2. The van der Waals surface area contributed by atoms with Crippen LogP contribution in [0.5, 0.6) is 5.75 Å². The standard InChI is InChI=1S/C16H21F2NO2/c1-4-8-11(3)15(20)19-13(5-2)12-9-6-7-10-14(12)21-16(17)18/h6-10,13,16H,4-5H2,1-3H3,(H,19,20)/b11-8+. The molecule has 1 aromatic carbocycles. The number of benzene rings is 1. The number of carbonyl (C=O) groups is 1. The summed E-state index contributed by atoms with van der Waals surface area (Å²) in [4.78, 5) is 12.0. The van der Waals surface area contributed by atoms with Gasteiger partial charge in [0.05, 0.1) is 6.04 Å². The molecule has 3 nitrogen and oxygen atoms in total. The van der Waals surface area contributed by atoms with Crippen LogP contribution >= 0.6 is 0 Å². The van der Waals surface area contributed by atoms with Gasteiger partial charge in [0, 0.05) is 11.1 Å². The van der Waals surface area contributed by atoms with Crippen LogP contribution in [-0.4, -0.2) is 12.5 Å². The fourth-order valence-electron chi connectivity index (χ4n) is 2.04. The summed E-state index contributed by atoms with van der Waals surface area (Å²) in [6, 6.07) is 6.15. The molecule has 0 bridgehead atoms. The minimum Gasteiger partial charge on any atom is -0.434 e. The van der Waals surface area contributed by atoms with Gasteiger partial charge in [0.15, 0.2) is 0 Å². The minimum absolute atomic E-state index is 0.0942. The summed E-state index contributed by atoms with van der Waals surface area (Å²) in [5, 5.41) is 2.85. The Morgan fingerprint density at radius 2 is 2.00 bits per heavy atom. The zero-order chi connectivity index (χ0) is 15.8. The van der Waals surface area contributed by atoms with Crippen molar-refractivity contribution in [1.82, 2.24) is 5.32 Å². The molecule has 1 N–H and O–H groups in total. The number of para-hydroxylation sites is 1. The summed E-state index contributed by atoms with van der Waals surface area (Å²) in [5.41, 5.74) is 1.17. The Balaban J connectivity index is 2.95. The van der Waals surface area contributed by atoms with Gasteiger partial charge in [-0.1, -0.05) is 38.1 Å². The molecule has 0 saturated heterocycles. The predicted octanol–water partition coefficient (Wildman–Crippen LogP) is 4.21. The summed E-state index contributed by atoms with van der Waals surface area (Å²) in [6.07, 6.45) is 3.17. The molecule has 0 radical (unpaired) electrons. The Morgan fingerprint density at radius 3 is 2.57 bits per heavy atom. The lowest BCUT2D eigenvalue weighted by molar-refractivity contribution is -0.118. The van der Waals surface area contributed by atoms with Crippen LogP contribution in [0.4, 0.5) is 8.78 Å². The maximum atomic E-state index is 12.4. The highest BCUT2D eigenvalue weighted by Gasteiger charge is 2.19. The summed E-state index contributed by atoms with van der Waals surface area (Å²) in [7, 11) is 0. The van der Waals surface area contributed by atoms with Gasteiger partial charge in [0.1, 0.15) is 5.75 Å². The van der Waals surface area contributed by atoms with Crippen LogP contribution < -0.4 is 10.1 Å². The zero-order valence-corrected chi connectivity index (χ0v) is 12.5. The van der Waals surface area contributed by atoms with Crippen LogP contribution in [0, 0.1) is 0 Å². The van der Waals surface area contributed by atoms with Gasteiger partial charge in [-0.05, 0) is 25.8 Å². The third-order valence-electron chi connectivity index (χ3n) is 3.09. The van der Waals surface area contributed by atoms with Crippen LogP contribution in [0.15, 0.2) is 35.9 Å². The number of carbonyl (C=O) groups excluding carboxylic acids is 1. The van der Waals surface area contributed by atoms with E-state index < -0.39 is 6.61 Å². The van der Waals surface area contributed by atoms with Crippen molar-refractivity contribution in [2.75, 3.05) is 0 Å². The largest absolute Gasteiger partial charge is 0.434 e. The number of halogens is 2. The van der Waals surface area contributed by atoms with Crippen molar-refractivity contribution in [3.8, 4) is 5.75 Å². The number of amides is 1. The van der Waals surface area contributed by atoms with Gasteiger partial charge in [-0.3, -0.25) is 4.79 Å². The molecule has 1 atom stereocenters. The molecular weight excluding hydrogens is 276 g/mol. The number of nitrogens with one attached hydrogen (secondary N) is 1. The van der Waals surface area contributed by atoms with E-state index in [1.165, 1.54) is 6.07 Å². The van der Waals surface area contributed by atoms with Crippen molar-refractivity contribution in [3.05, 3.63) is 41.5 Å². The molecule has 0 aliphatic carbocycles. The molecule has 0 heterocycles. The van der Waals surface area contributed by atoms with E-state index in [4.69, 9.17) is 0 Å². The van der Waals surface area contributed by atoms with Crippen molar-refractivity contribution in [2.24, 2.45) is 0 Å². The number of alkyl halides is 2. The summed E-state index contributed by atoms with van der Waals surface area (Å²) >= 11 is 0. The molecule has 1 unspecified atom stereocenters. The van der Waals surface area contributed by atoms with Crippen molar-refractivity contribution in [3.63, 3.8) is 0 Å². The molecule has 0 saturated carbocycles. The van der Waals surface area contributed by atoms with Crippen LogP contribution in [0.1, 0.15) is 45.2 Å². The molecule has 0 spiro atoms. The molecule has 116 valence electrons. The quantitative estimate of drug-likeness (QED) is 0.766. The fraction of sp³-hybridized carbons (Fsp3) is 0.438. The van der Waals surface area contributed by atoms with Gasteiger partial charge in [-0.25, -0.2) is 0 Å². The Hall–Kier alpha value is -1.91. The average Bonchev–Trinajstić information content (AvgIpc) is 2.45. The number of ether oxygens (including phenoxy) is 1. The topological polar surface area (TPSA) is 38.3 Å². The first-order valence-electron chi connectivity index (χ1n) is 7.00. The highest BCUT2D eigenvalue weighted by molar-refractivity contribution is 5.93. The van der Waals surface area contributed by atoms with Crippen molar-refractivity contribution in [1.29, 1.82) is 0 Å². The Morgan fingerprint density at radius 1 is 1.33 bits per heavy atom. The molecule has 1 amide bonds. The maximum absolute atomic E-state index is 12.4. The third kappa shape index (κ3) is 5.17. The van der Waals surface area contributed by atoms with Gasteiger partial charge in [0.25, 0.3) is 0 Å². The normalized spacial score (nSPS) is 13.1. The van der Waals surface area contributed by atoms with E-state index >= 15 is 0 Å². The van der Waals surface area contributed by atoms with Gasteiger partial charge in [-0.2, -0.15) is 8.78 Å². The lowest BCUT2D eigenvalue weighted by atomic mass is 10.0. The minimum atomic E-state index is -2.89. The van der Waals surface area contributed by atoms with Crippen LogP contribution in [0.25, 0.3) is 0 Å². The van der Waals surface area contributed by atoms with E-state index in [1.807, 2.05) is 19.9 Å².